The highest BCUT2D eigenvalue weighted by molar-refractivity contribution is 9.10. The number of nitrogens with one attached hydrogen (secondary N) is 1. The molecule has 5 N–H and O–H groups in total. The van der Waals surface area contributed by atoms with Gasteiger partial charge in [0, 0.05) is 5.56 Å². The smallest absolute Gasteiger partial charge is 0.294 e. The molecule has 0 amide bonds. The average Bonchev–Trinajstić information content (AvgIpc) is 2.72. The van der Waals surface area contributed by atoms with E-state index in [2.05, 4.69) is 21.0 Å². The van der Waals surface area contributed by atoms with E-state index in [0.717, 1.165) is 5.56 Å². The van der Waals surface area contributed by atoms with Crippen LogP contribution in [0.3, 0.4) is 0 Å². The van der Waals surface area contributed by atoms with Crippen molar-refractivity contribution in [3.8, 4) is 17.2 Å². The van der Waals surface area contributed by atoms with Crippen LogP contribution in [0.4, 0.5) is 0 Å². The van der Waals surface area contributed by atoms with Crippen LogP contribution in [-0.4, -0.2) is 56.9 Å². The second-order valence-electron chi connectivity index (χ2n) is 5.76. The number of guanidine groups is 1. The minimum atomic E-state index is -4.02. The summed E-state index contributed by atoms with van der Waals surface area (Å²) in [5.74, 6) is 0.665. The first-order valence-electron chi connectivity index (χ1n) is 8.35. The van der Waals surface area contributed by atoms with Gasteiger partial charge in [0.2, 0.25) is 11.7 Å². The molecule has 11 nitrogen and oxygen atoms in total. The summed E-state index contributed by atoms with van der Waals surface area (Å²) in [7, 11) is 0.441. The minimum absolute atomic E-state index is 0.0666. The monoisotopic (exact) mass is 518 g/mol. The number of rotatable bonds is 6. The molecule has 0 bridgehead atoms. The summed E-state index contributed by atoms with van der Waals surface area (Å²) in [6.07, 6.45) is 1.29. The van der Waals surface area contributed by atoms with Crippen molar-refractivity contribution in [3.05, 3.63) is 45.9 Å². The number of hydrogen-bond donors (Lipinski definition) is 4. The first-order valence-corrected chi connectivity index (χ1v) is 10.6. The number of nitrogens with zero attached hydrogens (tertiary/aromatic N) is 2. The van der Waals surface area contributed by atoms with Gasteiger partial charge in [-0.2, -0.15) is 13.5 Å². The molecule has 0 saturated carbocycles. The van der Waals surface area contributed by atoms with Gasteiger partial charge in [-0.25, -0.2) is 0 Å². The molecule has 0 saturated heterocycles. The Balaban J connectivity index is 0.000000367. The van der Waals surface area contributed by atoms with Crippen molar-refractivity contribution in [1.82, 2.24) is 5.17 Å². The van der Waals surface area contributed by atoms with Crippen LogP contribution in [0.2, 0.25) is 0 Å². The molecule has 170 valence electrons. The molecular weight excluding hydrogens is 496 g/mol. The van der Waals surface area contributed by atoms with E-state index in [1.54, 1.807) is 18.2 Å². The predicted molar refractivity (Wildman–Crippen MR) is 118 cm³/mol. The maximum atomic E-state index is 10.5. The molecule has 31 heavy (non-hydrogen) atoms. The Morgan fingerprint density at radius 2 is 1.71 bits per heavy atom. The summed E-state index contributed by atoms with van der Waals surface area (Å²) in [5.41, 5.74) is 6.56. The van der Waals surface area contributed by atoms with Crippen molar-refractivity contribution in [1.29, 1.82) is 5.41 Å². The fraction of sp³-hybridized carbons (Fsp3) is 0.222. The summed E-state index contributed by atoms with van der Waals surface area (Å²) in [5, 5.41) is 20.0. The van der Waals surface area contributed by atoms with Gasteiger partial charge < -0.3 is 19.9 Å². The van der Waals surface area contributed by atoms with E-state index < -0.39 is 16.1 Å². The van der Waals surface area contributed by atoms with Gasteiger partial charge in [0.25, 0.3) is 10.1 Å². The van der Waals surface area contributed by atoms with Crippen LogP contribution in [0.15, 0.2) is 44.8 Å². The van der Waals surface area contributed by atoms with Gasteiger partial charge in [-0.1, -0.05) is 17.7 Å². The lowest BCUT2D eigenvalue weighted by Crippen LogP contribution is -2.28. The van der Waals surface area contributed by atoms with Crippen LogP contribution in [0.5, 0.6) is 17.2 Å². The largest absolute Gasteiger partial charge is 0.493 e. The lowest BCUT2D eigenvalue weighted by Gasteiger charge is -2.15. The molecule has 0 aromatic heterocycles. The molecule has 0 aliphatic heterocycles. The molecule has 13 heteroatoms. The zero-order valence-corrected chi connectivity index (χ0v) is 19.6. The van der Waals surface area contributed by atoms with Crippen LogP contribution in [0.25, 0.3) is 0 Å². The number of nitrogens with two attached hydrogens (primary N) is 1. The van der Waals surface area contributed by atoms with E-state index in [1.165, 1.54) is 39.7 Å². The maximum Gasteiger partial charge on any atom is 0.294 e. The predicted octanol–water partition coefficient (Wildman–Crippen LogP) is 2.64. The van der Waals surface area contributed by atoms with Gasteiger partial charge >= 0.3 is 0 Å². The zero-order valence-electron chi connectivity index (χ0n) is 17.2. The van der Waals surface area contributed by atoms with Crippen molar-refractivity contribution in [2.75, 3.05) is 21.3 Å². The minimum Gasteiger partial charge on any atom is -0.493 e. The van der Waals surface area contributed by atoms with E-state index in [-0.39, 0.29) is 10.1 Å². The van der Waals surface area contributed by atoms with Crippen LogP contribution in [0, 0.1) is 12.3 Å². The summed E-state index contributed by atoms with van der Waals surface area (Å²) in [6.45, 7) is 1.84. The molecule has 0 aliphatic carbocycles. The number of hydrogen-bond acceptors (Lipinski definition) is 8. The van der Waals surface area contributed by atoms with Crippen molar-refractivity contribution in [2.24, 2.45) is 10.8 Å². The number of benzene rings is 2. The standard InChI is InChI=1S/C11H15BrN4O4.C7H8O3S/c1-18-7-4-6(5-15-16(17)11(13)14)8(12)10(20-3)9(7)19-2;1-6-2-4-7(5-3-6)11(8,9)10/h4-5,17H,1-3H3,(H3,13,14);2-5H,1H3,(H,8,9,10). The number of hydrazone groups is 1. The first-order chi connectivity index (χ1) is 14.5. The summed E-state index contributed by atoms with van der Waals surface area (Å²) < 4.78 is 45.8. The molecule has 2 aromatic rings. The van der Waals surface area contributed by atoms with Gasteiger partial charge in [-0.05, 0) is 41.1 Å². The summed E-state index contributed by atoms with van der Waals surface area (Å²) >= 11 is 3.35. The number of hydroxylamine groups is 1. The quantitative estimate of drug-likeness (QED) is 0.194. The Kier molecular flexibility index (Phi) is 9.71. The third-order valence-corrected chi connectivity index (χ3v) is 5.32. The number of methoxy groups -OCH3 is 3. The highest BCUT2D eigenvalue weighted by Crippen LogP contribution is 2.44. The topological polar surface area (TPSA) is 168 Å². The fourth-order valence-electron chi connectivity index (χ4n) is 2.12. The summed E-state index contributed by atoms with van der Waals surface area (Å²) in [6, 6.07) is 7.62. The average molecular weight is 519 g/mol. The molecule has 2 aromatic carbocycles. The molecule has 0 fully saturated rings. The number of ether oxygens (including phenoxy) is 3. The molecule has 0 heterocycles. The van der Waals surface area contributed by atoms with Crippen molar-refractivity contribution in [2.45, 2.75) is 11.8 Å². The third kappa shape index (κ3) is 7.40. The second kappa shape index (κ2) is 11.5. The molecule has 2 rings (SSSR count). The second-order valence-corrected chi connectivity index (χ2v) is 7.97. The van der Waals surface area contributed by atoms with Crippen LogP contribution >= 0.6 is 15.9 Å². The first kappa shape index (κ1) is 26.2. The molecule has 0 spiro atoms. The van der Waals surface area contributed by atoms with E-state index >= 15 is 0 Å². The molecular formula is C18H23BrN4O7S. The highest BCUT2D eigenvalue weighted by Gasteiger charge is 2.18. The Hall–Kier alpha value is -2.87. The van der Waals surface area contributed by atoms with Gasteiger partial charge in [0.15, 0.2) is 11.5 Å². The molecule has 0 aliphatic rings. The van der Waals surface area contributed by atoms with E-state index in [1.807, 2.05) is 6.92 Å². The Labute approximate surface area is 188 Å². The number of halogens is 1. The lowest BCUT2D eigenvalue weighted by atomic mass is 10.2. The van der Waals surface area contributed by atoms with Crippen molar-refractivity contribution >= 4 is 38.2 Å². The van der Waals surface area contributed by atoms with Gasteiger partial charge in [-0.15, -0.1) is 5.17 Å². The Morgan fingerprint density at radius 1 is 1.16 bits per heavy atom. The normalized spacial score (nSPS) is 10.8. The van der Waals surface area contributed by atoms with Gasteiger partial charge in [0.05, 0.1) is 36.9 Å². The molecule has 0 radical (unpaired) electrons. The van der Waals surface area contributed by atoms with Crippen molar-refractivity contribution < 1.29 is 32.4 Å². The van der Waals surface area contributed by atoms with Crippen LogP contribution < -0.4 is 19.9 Å². The third-order valence-electron chi connectivity index (χ3n) is 3.64. The highest BCUT2D eigenvalue weighted by atomic mass is 79.9. The Morgan fingerprint density at radius 3 is 2.13 bits per heavy atom. The summed E-state index contributed by atoms with van der Waals surface area (Å²) in [4.78, 5) is -0.0666. The van der Waals surface area contributed by atoms with E-state index in [0.29, 0.717) is 27.3 Å². The lowest BCUT2D eigenvalue weighted by molar-refractivity contribution is -0.0139. The van der Waals surface area contributed by atoms with E-state index in [4.69, 9.17) is 29.9 Å². The SMILES string of the molecule is COc1cc(C=NN(O)C(=N)N)c(Br)c(OC)c1OC.Cc1ccc(S(=O)(=O)O)cc1. The van der Waals surface area contributed by atoms with E-state index in [9.17, 15) is 13.6 Å². The fourth-order valence-corrected chi connectivity index (χ4v) is 3.16. The Bertz CT molecular complexity index is 1040. The van der Waals surface area contributed by atoms with Gasteiger partial charge in [0.1, 0.15) is 0 Å². The molecule has 0 atom stereocenters. The number of aryl methyl sites for hydroxylation is 1. The zero-order chi connectivity index (χ0) is 23.8. The van der Waals surface area contributed by atoms with Crippen molar-refractivity contribution in [3.63, 3.8) is 0 Å². The molecule has 0 unspecified atom stereocenters. The van der Waals surface area contributed by atoms with Gasteiger partial charge in [-0.3, -0.25) is 15.2 Å². The maximum absolute atomic E-state index is 10.5. The van der Waals surface area contributed by atoms with Crippen LogP contribution in [0.1, 0.15) is 11.1 Å². The van der Waals surface area contributed by atoms with Crippen LogP contribution in [-0.2, 0) is 10.1 Å².